The molecule has 0 heterocycles. The van der Waals surface area contributed by atoms with E-state index >= 15 is 0 Å². The summed E-state index contributed by atoms with van der Waals surface area (Å²) < 4.78 is 13.6. The Balaban J connectivity index is 2.97. The zero-order chi connectivity index (χ0) is 11.6. The van der Waals surface area contributed by atoms with E-state index in [9.17, 15) is 9.18 Å². The lowest BCUT2D eigenvalue weighted by Crippen LogP contribution is -2.12. The Morgan fingerprint density at radius 1 is 1.67 bits per heavy atom. The summed E-state index contributed by atoms with van der Waals surface area (Å²) in [7, 11) is 0. The average Bonchev–Trinajstić information content (AvgIpc) is 2.18. The molecule has 0 bridgehead atoms. The van der Waals surface area contributed by atoms with Crippen LogP contribution in [0, 0.1) is 11.7 Å². The van der Waals surface area contributed by atoms with E-state index in [2.05, 4.69) is 15.9 Å². The Kier molecular flexibility index (Phi) is 4.11. The highest BCUT2D eigenvalue weighted by molar-refractivity contribution is 9.10. The Morgan fingerprint density at radius 2 is 2.27 bits per heavy atom. The first-order chi connectivity index (χ1) is 6.93. The van der Waals surface area contributed by atoms with Crippen LogP contribution in [0.1, 0.15) is 12.5 Å². The maximum Gasteiger partial charge on any atom is 0.306 e. The van der Waals surface area contributed by atoms with Crippen LogP contribution in [0.25, 0.3) is 0 Å². The van der Waals surface area contributed by atoms with Gasteiger partial charge in [-0.25, -0.2) is 4.39 Å². The third-order valence-electron chi connectivity index (χ3n) is 2.06. The van der Waals surface area contributed by atoms with E-state index in [0.717, 1.165) is 0 Å². The third kappa shape index (κ3) is 2.92. The average molecular weight is 296 g/mol. The van der Waals surface area contributed by atoms with Crippen molar-refractivity contribution in [2.24, 2.45) is 5.92 Å². The van der Waals surface area contributed by atoms with Crippen LogP contribution in [-0.4, -0.2) is 11.1 Å². The molecule has 0 aliphatic carbocycles. The van der Waals surface area contributed by atoms with Crippen molar-refractivity contribution in [1.29, 1.82) is 0 Å². The normalized spacial score (nSPS) is 12.5. The Hall–Kier alpha value is -0.610. The van der Waals surface area contributed by atoms with Crippen LogP contribution in [0.15, 0.2) is 16.6 Å². The molecule has 1 aromatic carbocycles. The fourth-order valence-corrected chi connectivity index (χ4v) is 1.83. The molecule has 0 fully saturated rings. The molecule has 5 heteroatoms. The van der Waals surface area contributed by atoms with E-state index < -0.39 is 17.7 Å². The molecular formula is C10H9BrClFO2. The largest absolute Gasteiger partial charge is 0.481 e. The lowest BCUT2D eigenvalue weighted by Gasteiger charge is -2.09. The molecule has 1 atom stereocenters. The third-order valence-corrected chi connectivity index (χ3v) is 3.08. The summed E-state index contributed by atoms with van der Waals surface area (Å²) in [5, 5.41) is 8.70. The van der Waals surface area contributed by atoms with E-state index in [-0.39, 0.29) is 15.9 Å². The number of rotatable bonds is 3. The maximum atomic E-state index is 13.3. The molecule has 1 rings (SSSR count). The minimum absolute atomic E-state index is 0.0162. The number of carboxylic acid groups (broad SMARTS) is 1. The number of hydrogen-bond acceptors (Lipinski definition) is 1. The SMILES string of the molecule is CC(Cc1ccc(Br)c(F)c1Cl)C(=O)O. The van der Waals surface area contributed by atoms with Crippen molar-refractivity contribution in [3.8, 4) is 0 Å². The second-order valence-corrected chi connectivity index (χ2v) is 4.51. The molecule has 0 aliphatic rings. The van der Waals surface area contributed by atoms with Gasteiger partial charge in [-0.3, -0.25) is 4.79 Å². The van der Waals surface area contributed by atoms with Crippen molar-refractivity contribution in [2.45, 2.75) is 13.3 Å². The summed E-state index contributed by atoms with van der Waals surface area (Å²) in [6.45, 7) is 1.55. The number of carbonyl (C=O) groups is 1. The molecule has 0 aliphatic heterocycles. The van der Waals surface area contributed by atoms with Crippen LogP contribution >= 0.6 is 27.5 Å². The molecule has 2 nitrogen and oxygen atoms in total. The zero-order valence-corrected chi connectivity index (χ0v) is 10.3. The van der Waals surface area contributed by atoms with Crippen molar-refractivity contribution in [3.05, 3.63) is 33.0 Å². The van der Waals surface area contributed by atoms with Gasteiger partial charge in [-0.2, -0.15) is 0 Å². The summed E-state index contributed by atoms with van der Waals surface area (Å²) in [5.74, 6) is -2.05. The van der Waals surface area contributed by atoms with Gasteiger partial charge in [0.2, 0.25) is 0 Å². The van der Waals surface area contributed by atoms with Gasteiger partial charge >= 0.3 is 5.97 Å². The van der Waals surface area contributed by atoms with Gasteiger partial charge in [-0.15, -0.1) is 0 Å². The van der Waals surface area contributed by atoms with Crippen LogP contribution in [0.3, 0.4) is 0 Å². The smallest absolute Gasteiger partial charge is 0.306 e. The molecule has 1 aromatic rings. The van der Waals surface area contributed by atoms with Crippen molar-refractivity contribution in [2.75, 3.05) is 0 Å². The number of halogens is 3. The van der Waals surface area contributed by atoms with E-state index in [1.807, 2.05) is 0 Å². The van der Waals surface area contributed by atoms with Gasteiger partial charge in [0, 0.05) is 0 Å². The van der Waals surface area contributed by atoms with Gasteiger partial charge in [-0.05, 0) is 34.0 Å². The number of aliphatic carboxylic acids is 1. The Labute approximate surface area is 100 Å². The van der Waals surface area contributed by atoms with E-state index in [0.29, 0.717) is 5.56 Å². The van der Waals surface area contributed by atoms with E-state index in [4.69, 9.17) is 16.7 Å². The molecule has 15 heavy (non-hydrogen) atoms. The molecule has 0 saturated heterocycles. The number of hydrogen-bond donors (Lipinski definition) is 1. The second kappa shape index (κ2) is 4.94. The predicted molar refractivity (Wildman–Crippen MR) is 59.6 cm³/mol. The number of carboxylic acids is 1. The molecular weight excluding hydrogens is 286 g/mol. The van der Waals surface area contributed by atoms with Gasteiger partial charge in [0.15, 0.2) is 5.82 Å². The van der Waals surface area contributed by atoms with Gasteiger partial charge in [0.25, 0.3) is 0 Å². The second-order valence-electron chi connectivity index (χ2n) is 3.28. The quantitative estimate of drug-likeness (QED) is 0.867. The molecule has 82 valence electrons. The van der Waals surface area contributed by atoms with E-state index in [1.54, 1.807) is 13.0 Å². The zero-order valence-electron chi connectivity index (χ0n) is 7.93. The van der Waals surface area contributed by atoms with Crippen molar-refractivity contribution in [1.82, 2.24) is 0 Å². The monoisotopic (exact) mass is 294 g/mol. The summed E-state index contributed by atoms with van der Waals surface area (Å²) in [6.07, 6.45) is 0.221. The summed E-state index contributed by atoms with van der Waals surface area (Å²) in [6, 6.07) is 3.14. The molecule has 0 saturated carbocycles. The first-order valence-electron chi connectivity index (χ1n) is 4.28. The molecule has 0 amide bonds. The van der Waals surface area contributed by atoms with Crippen LogP contribution < -0.4 is 0 Å². The van der Waals surface area contributed by atoms with Gasteiger partial charge in [0.05, 0.1) is 15.4 Å². The molecule has 1 N–H and O–H groups in total. The first-order valence-corrected chi connectivity index (χ1v) is 5.45. The fraction of sp³-hybridized carbons (Fsp3) is 0.300. The van der Waals surface area contributed by atoms with Crippen LogP contribution in [0.5, 0.6) is 0 Å². The molecule has 1 unspecified atom stereocenters. The topological polar surface area (TPSA) is 37.3 Å². The first kappa shape index (κ1) is 12.5. The fourth-order valence-electron chi connectivity index (χ4n) is 1.14. The highest BCUT2D eigenvalue weighted by Crippen LogP contribution is 2.28. The minimum Gasteiger partial charge on any atom is -0.481 e. The van der Waals surface area contributed by atoms with Crippen molar-refractivity contribution >= 4 is 33.5 Å². The lowest BCUT2D eigenvalue weighted by atomic mass is 10.0. The highest BCUT2D eigenvalue weighted by Gasteiger charge is 2.16. The summed E-state index contributed by atoms with van der Waals surface area (Å²) in [5.41, 5.74) is 0.507. The number of benzene rings is 1. The van der Waals surface area contributed by atoms with Gasteiger partial charge in [0.1, 0.15) is 0 Å². The summed E-state index contributed by atoms with van der Waals surface area (Å²) >= 11 is 8.75. The molecule has 0 spiro atoms. The molecule has 0 radical (unpaired) electrons. The van der Waals surface area contributed by atoms with Crippen LogP contribution in [0.4, 0.5) is 4.39 Å². The van der Waals surface area contributed by atoms with Crippen LogP contribution in [0.2, 0.25) is 5.02 Å². The highest BCUT2D eigenvalue weighted by atomic mass is 79.9. The Bertz CT molecular complexity index is 395. The molecule has 0 aromatic heterocycles. The van der Waals surface area contributed by atoms with Gasteiger partial charge < -0.3 is 5.11 Å². The van der Waals surface area contributed by atoms with E-state index in [1.165, 1.54) is 6.07 Å². The minimum atomic E-state index is -0.922. The lowest BCUT2D eigenvalue weighted by molar-refractivity contribution is -0.141. The predicted octanol–water partition coefficient (Wildman–Crippen LogP) is 3.50. The van der Waals surface area contributed by atoms with Crippen molar-refractivity contribution in [3.63, 3.8) is 0 Å². The Morgan fingerprint density at radius 3 is 2.80 bits per heavy atom. The maximum absolute atomic E-state index is 13.3. The summed E-state index contributed by atoms with van der Waals surface area (Å²) in [4.78, 5) is 10.6. The van der Waals surface area contributed by atoms with Gasteiger partial charge in [-0.1, -0.05) is 24.6 Å². The standard InChI is InChI=1S/C10H9BrClFO2/c1-5(10(14)15)4-6-2-3-7(11)9(13)8(6)12/h2-3,5H,4H2,1H3,(H,14,15). The van der Waals surface area contributed by atoms with Crippen LogP contribution in [-0.2, 0) is 11.2 Å². The van der Waals surface area contributed by atoms with Crippen molar-refractivity contribution < 1.29 is 14.3 Å².